The molecule has 0 saturated heterocycles. The van der Waals surface area contributed by atoms with E-state index in [1.165, 1.54) is 0 Å². The quantitative estimate of drug-likeness (QED) is 0.717. The molecular formula is C10H12N4. The van der Waals surface area contributed by atoms with Crippen molar-refractivity contribution in [2.45, 2.75) is 20.3 Å². The lowest BCUT2D eigenvalue weighted by Gasteiger charge is -2.00. The second-order valence-electron chi connectivity index (χ2n) is 3.14. The van der Waals surface area contributed by atoms with Gasteiger partial charge in [0.05, 0.1) is 23.8 Å². The van der Waals surface area contributed by atoms with E-state index in [-0.39, 0.29) is 0 Å². The number of hydrogen-bond acceptors (Lipinski definition) is 3. The van der Waals surface area contributed by atoms with Crippen molar-refractivity contribution in [2.75, 3.05) is 0 Å². The third-order valence-corrected chi connectivity index (χ3v) is 2.03. The van der Waals surface area contributed by atoms with Gasteiger partial charge in [0, 0.05) is 6.20 Å². The normalized spacial score (nSPS) is 10.4. The summed E-state index contributed by atoms with van der Waals surface area (Å²) in [5.41, 5.74) is 1.98. The molecule has 14 heavy (non-hydrogen) atoms. The molecule has 0 saturated carbocycles. The van der Waals surface area contributed by atoms with Gasteiger partial charge in [-0.3, -0.25) is 9.55 Å². The summed E-state index contributed by atoms with van der Waals surface area (Å²) < 4.78 is 1.86. The van der Waals surface area contributed by atoms with Crippen molar-refractivity contribution < 1.29 is 0 Å². The third-order valence-electron chi connectivity index (χ3n) is 2.03. The van der Waals surface area contributed by atoms with Gasteiger partial charge in [0.1, 0.15) is 6.33 Å². The Balaban J connectivity index is 2.33. The van der Waals surface area contributed by atoms with Gasteiger partial charge >= 0.3 is 0 Å². The number of hydrogen-bond donors (Lipinski definition) is 0. The van der Waals surface area contributed by atoms with Crippen LogP contribution in [0.5, 0.6) is 0 Å². The van der Waals surface area contributed by atoms with E-state index < -0.39 is 0 Å². The number of aryl methyl sites for hydroxylation is 2. The largest absolute Gasteiger partial charge is 0.289 e. The van der Waals surface area contributed by atoms with Gasteiger partial charge in [0.2, 0.25) is 0 Å². The molecule has 4 heteroatoms. The summed E-state index contributed by atoms with van der Waals surface area (Å²) in [5.74, 6) is 0.808. The van der Waals surface area contributed by atoms with Crippen molar-refractivity contribution >= 4 is 0 Å². The second kappa shape index (κ2) is 3.57. The van der Waals surface area contributed by atoms with E-state index >= 15 is 0 Å². The molecule has 0 bridgehead atoms. The average molecular weight is 188 g/mol. The molecule has 0 spiro atoms. The Kier molecular flexibility index (Phi) is 2.26. The molecule has 0 aromatic carbocycles. The van der Waals surface area contributed by atoms with Crippen LogP contribution in [0.2, 0.25) is 0 Å². The highest BCUT2D eigenvalue weighted by molar-refractivity contribution is 5.20. The molecule has 72 valence electrons. The molecule has 0 fully saturated rings. The molecule has 0 N–H and O–H groups in total. The lowest BCUT2D eigenvalue weighted by Crippen LogP contribution is -1.97. The van der Waals surface area contributed by atoms with Crippen LogP contribution in [0.4, 0.5) is 0 Å². The van der Waals surface area contributed by atoms with Gasteiger partial charge in [0.25, 0.3) is 0 Å². The molecule has 0 amide bonds. The lowest BCUT2D eigenvalue weighted by molar-refractivity contribution is 0.928. The minimum absolute atomic E-state index is 0.808. The first-order valence-corrected chi connectivity index (χ1v) is 4.61. The van der Waals surface area contributed by atoms with Crippen molar-refractivity contribution in [3.63, 3.8) is 0 Å². The zero-order chi connectivity index (χ0) is 9.97. The first-order chi connectivity index (χ1) is 6.79. The number of rotatable bonds is 2. The zero-order valence-electron chi connectivity index (χ0n) is 8.31. The fraction of sp³-hybridized carbons (Fsp3) is 0.300. The molecule has 0 aliphatic rings. The van der Waals surface area contributed by atoms with Crippen LogP contribution in [0.1, 0.15) is 18.3 Å². The predicted molar refractivity (Wildman–Crippen MR) is 53.3 cm³/mol. The Hall–Kier alpha value is -1.71. The summed E-state index contributed by atoms with van der Waals surface area (Å²) in [5, 5.41) is 0. The molecular weight excluding hydrogens is 176 g/mol. The van der Waals surface area contributed by atoms with E-state index in [9.17, 15) is 0 Å². The molecule has 0 radical (unpaired) electrons. The molecule has 0 atom stereocenters. The van der Waals surface area contributed by atoms with Gasteiger partial charge < -0.3 is 0 Å². The van der Waals surface area contributed by atoms with Crippen LogP contribution in [0, 0.1) is 6.92 Å². The number of nitrogens with zero attached hydrogens (tertiary/aromatic N) is 4. The van der Waals surface area contributed by atoms with Crippen LogP contribution in [-0.4, -0.2) is 19.5 Å². The van der Waals surface area contributed by atoms with Gasteiger partial charge in [0.15, 0.2) is 5.82 Å². The summed E-state index contributed by atoms with van der Waals surface area (Å²) in [4.78, 5) is 12.7. The fourth-order valence-corrected chi connectivity index (χ4v) is 1.21. The maximum atomic E-state index is 4.29. The predicted octanol–water partition coefficient (Wildman–Crippen LogP) is 1.53. The smallest absolute Gasteiger partial charge is 0.156 e. The summed E-state index contributed by atoms with van der Waals surface area (Å²) in [6.07, 6.45) is 8.14. The van der Waals surface area contributed by atoms with Gasteiger partial charge in [-0.25, -0.2) is 9.97 Å². The van der Waals surface area contributed by atoms with Crippen LogP contribution in [-0.2, 0) is 6.42 Å². The van der Waals surface area contributed by atoms with Crippen LogP contribution in [0.25, 0.3) is 5.82 Å². The van der Waals surface area contributed by atoms with Crippen molar-refractivity contribution in [3.05, 3.63) is 36.3 Å². The summed E-state index contributed by atoms with van der Waals surface area (Å²) >= 11 is 0. The Labute approximate surface area is 82.7 Å². The molecule has 2 heterocycles. The van der Waals surface area contributed by atoms with Gasteiger partial charge in [-0.1, -0.05) is 6.92 Å². The Morgan fingerprint density at radius 1 is 1.21 bits per heavy atom. The highest BCUT2D eigenvalue weighted by Crippen LogP contribution is 2.04. The second-order valence-corrected chi connectivity index (χ2v) is 3.14. The van der Waals surface area contributed by atoms with E-state index in [1.54, 1.807) is 18.7 Å². The lowest BCUT2D eigenvalue weighted by atomic mass is 10.3. The molecule has 2 rings (SSSR count). The van der Waals surface area contributed by atoms with Crippen LogP contribution >= 0.6 is 0 Å². The molecule has 0 aliphatic carbocycles. The van der Waals surface area contributed by atoms with Crippen LogP contribution in [0.3, 0.4) is 0 Å². The van der Waals surface area contributed by atoms with Gasteiger partial charge in [-0.15, -0.1) is 0 Å². The van der Waals surface area contributed by atoms with E-state index in [2.05, 4.69) is 21.9 Å². The first-order valence-electron chi connectivity index (χ1n) is 4.61. The fourth-order valence-electron chi connectivity index (χ4n) is 1.21. The van der Waals surface area contributed by atoms with Gasteiger partial charge in [-0.2, -0.15) is 0 Å². The monoisotopic (exact) mass is 188 g/mol. The molecule has 0 unspecified atom stereocenters. The number of aromatic nitrogens is 4. The van der Waals surface area contributed by atoms with Crippen molar-refractivity contribution in [1.82, 2.24) is 19.5 Å². The summed E-state index contributed by atoms with van der Waals surface area (Å²) in [6, 6.07) is 0. The first kappa shape index (κ1) is 8.87. The SMILES string of the molecule is CCc1cnc(-n2cnc(C)c2)cn1. The van der Waals surface area contributed by atoms with E-state index in [4.69, 9.17) is 0 Å². The maximum Gasteiger partial charge on any atom is 0.156 e. The van der Waals surface area contributed by atoms with E-state index in [0.717, 1.165) is 23.6 Å². The van der Waals surface area contributed by atoms with Crippen molar-refractivity contribution in [1.29, 1.82) is 0 Å². The minimum atomic E-state index is 0.808. The Bertz CT molecular complexity index is 416. The molecule has 2 aromatic heterocycles. The maximum absolute atomic E-state index is 4.29. The topological polar surface area (TPSA) is 43.6 Å². The van der Waals surface area contributed by atoms with Crippen molar-refractivity contribution in [3.8, 4) is 5.82 Å². The third kappa shape index (κ3) is 1.64. The highest BCUT2D eigenvalue weighted by Gasteiger charge is 1.99. The Morgan fingerprint density at radius 2 is 2.07 bits per heavy atom. The average Bonchev–Trinajstić information content (AvgIpc) is 2.65. The molecule has 0 aliphatic heterocycles. The van der Waals surface area contributed by atoms with E-state index in [1.807, 2.05) is 17.7 Å². The van der Waals surface area contributed by atoms with Crippen LogP contribution in [0.15, 0.2) is 24.9 Å². The molecule has 4 nitrogen and oxygen atoms in total. The molecule has 2 aromatic rings. The summed E-state index contributed by atoms with van der Waals surface area (Å²) in [6.45, 7) is 4.01. The number of imidazole rings is 1. The van der Waals surface area contributed by atoms with E-state index in [0.29, 0.717) is 0 Å². The minimum Gasteiger partial charge on any atom is -0.289 e. The van der Waals surface area contributed by atoms with Gasteiger partial charge in [-0.05, 0) is 13.3 Å². The zero-order valence-corrected chi connectivity index (χ0v) is 8.31. The highest BCUT2D eigenvalue weighted by atomic mass is 15.1. The van der Waals surface area contributed by atoms with Crippen molar-refractivity contribution in [2.24, 2.45) is 0 Å². The van der Waals surface area contributed by atoms with Crippen LogP contribution < -0.4 is 0 Å². The Morgan fingerprint density at radius 3 is 2.57 bits per heavy atom. The standard InChI is InChI=1S/C10H12N4/c1-3-9-4-12-10(5-11-9)14-6-8(2)13-7-14/h4-7H,3H2,1-2H3. The summed E-state index contributed by atoms with van der Waals surface area (Å²) in [7, 11) is 0.